The third-order valence-electron chi connectivity index (χ3n) is 4.85. The van der Waals surface area contributed by atoms with Gasteiger partial charge in [-0.3, -0.25) is 0 Å². The normalized spacial score (nSPS) is 13.2. The molecule has 0 rings (SSSR count). The third-order valence-corrected chi connectivity index (χ3v) is 20.5. The summed E-state index contributed by atoms with van der Waals surface area (Å²) in [7, 11) is 0. The number of rotatable bonds is 13. The van der Waals surface area contributed by atoms with E-state index in [1.54, 1.807) is 0 Å². The van der Waals surface area contributed by atoms with Gasteiger partial charge in [-0.1, -0.05) is 0 Å². The summed E-state index contributed by atoms with van der Waals surface area (Å²) in [6.45, 7) is 15.0. The van der Waals surface area contributed by atoms with E-state index in [9.17, 15) is 4.79 Å². The number of hydrogen-bond acceptors (Lipinski definition) is 2. The van der Waals surface area contributed by atoms with Crippen molar-refractivity contribution in [1.82, 2.24) is 0 Å². The topological polar surface area (TPSA) is 26.3 Å². The molecule has 0 aliphatic carbocycles. The van der Waals surface area contributed by atoms with Crippen LogP contribution in [0.3, 0.4) is 0 Å². The van der Waals surface area contributed by atoms with Crippen molar-refractivity contribution in [3.05, 3.63) is 9.67 Å². The fraction of sp³-hybridized carbons (Fsp3) is 0.864. The van der Waals surface area contributed by atoms with E-state index in [0.29, 0.717) is 0 Å². The summed E-state index contributed by atoms with van der Waals surface area (Å²) in [6, 6.07) is 0. The number of hydrogen-bond donors (Lipinski definition) is 0. The molecule has 148 valence electrons. The monoisotopic (exact) mass is 460 g/mol. The van der Waals surface area contributed by atoms with Gasteiger partial charge >= 0.3 is 162 Å². The first-order valence-electron chi connectivity index (χ1n) is 10.7. The SMILES string of the molecule is CCC/C=[C](\C(=O)OC(C)(C)C)[Sn]([CH2]CCC)([CH2]CCC)[CH2]CCC. The van der Waals surface area contributed by atoms with Crippen molar-refractivity contribution in [1.29, 1.82) is 0 Å². The number of carbonyl (C=O) groups is 1. The Morgan fingerprint density at radius 2 is 1.28 bits per heavy atom. The van der Waals surface area contributed by atoms with Gasteiger partial charge in [0.05, 0.1) is 0 Å². The fourth-order valence-corrected chi connectivity index (χ4v) is 19.8. The second kappa shape index (κ2) is 13.2. The zero-order chi connectivity index (χ0) is 19.3. The molecule has 0 aliphatic rings. The van der Waals surface area contributed by atoms with Crippen LogP contribution in [0.4, 0.5) is 0 Å². The van der Waals surface area contributed by atoms with Gasteiger partial charge in [0.15, 0.2) is 0 Å². The molecular formula is C22H44O2Sn. The molecule has 0 heterocycles. The van der Waals surface area contributed by atoms with E-state index in [0.717, 1.165) is 12.8 Å². The maximum atomic E-state index is 13.2. The summed E-state index contributed by atoms with van der Waals surface area (Å²) in [5.41, 5.74) is -0.403. The van der Waals surface area contributed by atoms with Crippen LogP contribution in [0.15, 0.2) is 9.67 Å². The van der Waals surface area contributed by atoms with Crippen molar-refractivity contribution in [3.63, 3.8) is 0 Å². The van der Waals surface area contributed by atoms with Crippen molar-refractivity contribution in [2.24, 2.45) is 0 Å². The Bertz CT molecular complexity index is 372. The molecule has 2 nitrogen and oxygen atoms in total. The standard InChI is InChI=1S/C10H17O2.3C4H9.Sn/c1-5-6-7-8-9(11)12-10(2,3)4;3*1-3-4-2;/h7H,5-6H2,1-4H3;3*1,3-4H2,2H3;. The van der Waals surface area contributed by atoms with Gasteiger partial charge in [0.2, 0.25) is 0 Å². The van der Waals surface area contributed by atoms with E-state index in [2.05, 4.69) is 33.8 Å². The molecule has 0 fully saturated rings. The Hall–Kier alpha value is 0.00870. The van der Waals surface area contributed by atoms with Crippen LogP contribution in [0.2, 0.25) is 13.3 Å². The molecular weight excluding hydrogens is 415 g/mol. The van der Waals surface area contributed by atoms with Crippen molar-refractivity contribution in [2.75, 3.05) is 0 Å². The first-order chi connectivity index (χ1) is 11.8. The minimum absolute atomic E-state index is 0.0139. The molecule has 0 spiro atoms. The van der Waals surface area contributed by atoms with Crippen LogP contribution in [-0.4, -0.2) is 29.9 Å². The Labute approximate surface area is 162 Å². The molecule has 0 bridgehead atoms. The molecule has 0 aliphatic heterocycles. The van der Waals surface area contributed by atoms with Crippen LogP contribution in [0.25, 0.3) is 0 Å². The van der Waals surface area contributed by atoms with Gasteiger partial charge in [-0.25, -0.2) is 0 Å². The van der Waals surface area contributed by atoms with Crippen LogP contribution in [0.1, 0.15) is 99.8 Å². The molecule has 0 atom stereocenters. The van der Waals surface area contributed by atoms with E-state index < -0.39 is 24.0 Å². The van der Waals surface area contributed by atoms with E-state index in [1.807, 2.05) is 20.8 Å². The fourth-order valence-electron chi connectivity index (χ4n) is 3.46. The van der Waals surface area contributed by atoms with E-state index in [1.165, 1.54) is 55.4 Å². The van der Waals surface area contributed by atoms with Crippen molar-refractivity contribution >= 4 is 24.3 Å². The quantitative estimate of drug-likeness (QED) is 0.163. The summed E-state index contributed by atoms with van der Waals surface area (Å²) in [5.74, 6) is 0.0139. The molecule has 0 saturated carbocycles. The van der Waals surface area contributed by atoms with E-state index in [4.69, 9.17) is 4.74 Å². The van der Waals surface area contributed by atoms with Gasteiger partial charge in [-0.2, -0.15) is 0 Å². The Morgan fingerprint density at radius 3 is 1.60 bits per heavy atom. The summed E-state index contributed by atoms with van der Waals surface area (Å²) >= 11 is -2.72. The van der Waals surface area contributed by atoms with Gasteiger partial charge in [-0.05, 0) is 0 Å². The Morgan fingerprint density at radius 1 is 0.840 bits per heavy atom. The summed E-state index contributed by atoms with van der Waals surface area (Å²) in [6.07, 6.45) is 11.9. The first-order valence-corrected chi connectivity index (χ1v) is 18.2. The predicted molar refractivity (Wildman–Crippen MR) is 114 cm³/mol. The van der Waals surface area contributed by atoms with Crippen LogP contribution in [0.5, 0.6) is 0 Å². The summed E-state index contributed by atoms with van der Waals surface area (Å²) in [4.78, 5) is 13.2. The molecule has 0 radical (unpaired) electrons. The maximum absolute atomic E-state index is 13.2. The molecule has 25 heavy (non-hydrogen) atoms. The number of allylic oxidation sites excluding steroid dienone is 1. The Balaban J connectivity index is 5.84. The average Bonchev–Trinajstić information content (AvgIpc) is 2.54. The van der Waals surface area contributed by atoms with Gasteiger partial charge < -0.3 is 0 Å². The predicted octanol–water partition coefficient (Wildman–Crippen LogP) is 7.44. The summed E-state index contributed by atoms with van der Waals surface area (Å²) < 4.78 is 11.0. The molecule has 0 N–H and O–H groups in total. The van der Waals surface area contributed by atoms with Crippen LogP contribution >= 0.6 is 0 Å². The number of ether oxygens (including phenoxy) is 1. The third kappa shape index (κ3) is 10.1. The minimum atomic E-state index is -2.72. The van der Waals surface area contributed by atoms with Crippen LogP contribution < -0.4 is 0 Å². The second-order valence-corrected chi connectivity index (χ2v) is 21.6. The Kier molecular flexibility index (Phi) is 13.2. The molecule has 0 aromatic rings. The van der Waals surface area contributed by atoms with Crippen molar-refractivity contribution < 1.29 is 9.53 Å². The van der Waals surface area contributed by atoms with Gasteiger partial charge in [0, 0.05) is 0 Å². The molecule has 0 unspecified atom stereocenters. The number of unbranched alkanes of at least 4 members (excludes halogenated alkanes) is 4. The first kappa shape index (κ1) is 25.0. The number of esters is 1. The van der Waals surface area contributed by atoms with E-state index >= 15 is 0 Å². The van der Waals surface area contributed by atoms with Crippen molar-refractivity contribution in [2.45, 2.75) is 119 Å². The number of carbonyl (C=O) groups excluding carboxylic acids is 1. The van der Waals surface area contributed by atoms with Crippen LogP contribution in [0, 0.1) is 0 Å². The average molecular weight is 459 g/mol. The zero-order valence-electron chi connectivity index (χ0n) is 18.2. The molecule has 0 aromatic carbocycles. The van der Waals surface area contributed by atoms with Crippen LogP contribution in [-0.2, 0) is 9.53 Å². The summed E-state index contributed by atoms with van der Waals surface area (Å²) in [5, 5.41) is 0. The van der Waals surface area contributed by atoms with Crippen molar-refractivity contribution in [3.8, 4) is 0 Å². The molecule has 3 heteroatoms. The zero-order valence-corrected chi connectivity index (χ0v) is 21.0. The molecule has 0 amide bonds. The van der Waals surface area contributed by atoms with Gasteiger partial charge in [0.25, 0.3) is 0 Å². The molecule has 0 aromatic heterocycles. The molecule has 0 saturated heterocycles. The van der Waals surface area contributed by atoms with Gasteiger partial charge in [0.1, 0.15) is 0 Å². The van der Waals surface area contributed by atoms with E-state index in [-0.39, 0.29) is 5.97 Å². The second-order valence-electron chi connectivity index (χ2n) is 8.50. The van der Waals surface area contributed by atoms with Gasteiger partial charge in [-0.15, -0.1) is 0 Å².